The molecule has 0 radical (unpaired) electrons. The van der Waals surface area contributed by atoms with Gasteiger partial charge in [0.05, 0.1) is 0 Å². The quantitative estimate of drug-likeness (QED) is 0.507. The number of nitrogens with zero attached hydrogens (tertiary/aromatic N) is 1. The molecule has 2 nitrogen and oxygen atoms in total. The van der Waals surface area contributed by atoms with Crippen molar-refractivity contribution in [3.8, 4) is 12.3 Å². The molecule has 1 aliphatic carbocycles. The summed E-state index contributed by atoms with van der Waals surface area (Å²) in [6.07, 6.45) is 12.8. The minimum Gasteiger partial charge on any atom is -0.315 e. The summed E-state index contributed by atoms with van der Waals surface area (Å²) >= 11 is 0. The van der Waals surface area contributed by atoms with Crippen LogP contribution in [0.15, 0.2) is 0 Å². The first-order valence-corrected chi connectivity index (χ1v) is 6.19. The van der Waals surface area contributed by atoms with Crippen molar-refractivity contribution in [3.63, 3.8) is 0 Å². The Hall–Kier alpha value is -0.520. The summed E-state index contributed by atoms with van der Waals surface area (Å²) in [7, 11) is 2.25. The maximum atomic E-state index is 5.19. The maximum Gasteiger partial charge on any atom is 0.0107 e. The molecule has 0 saturated heterocycles. The van der Waals surface area contributed by atoms with Gasteiger partial charge in [0.15, 0.2) is 0 Å². The van der Waals surface area contributed by atoms with Crippen LogP contribution in [0.3, 0.4) is 0 Å². The van der Waals surface area contributed by atoms with E-state index in [2.05, 4.69) is 23.2 Å². The second kappa shape index (κ2) is 7.73. The first kappa shape index (κ1) is 12.5. The molecular formula is C13H24N2. The van der Waals surface area contributed by atoms with Crippen LogP contribution in [0.1, 0.15) is 38.5 Å². The molecule has 0 aromatic carbocycles. The van der Waals surface area contributed by atoms with E-state index in [1.54, 1.807) is 0 Å². The highest BCUT2D eigenvalue weighted by Crippen LogP contribution is 2.21. The van der Waals surface area contributed by atoms with Gasteiger partial charge in [-0.3, -0.25) is 0 Å². The SMILES string of the molecule is C#CCCCNCCN(C)C1CCCC1. The van der Waals surface area contributed by atoms with Gasteiger partial charge in [-0.15, -0.1) is 12.3 Å². The van der Waals surface area contributed by atoms with Crippen molar-refractivity contribution in [3.05, 3.63) is 0 Å². The normalized spacial score (nSPS) is 17.1. The van der Waals surface area contributed by atoms with Gasteiger partial charge in [0.1, 0.15) is 0 Å². The molecular weight excluding hydrogens is 184 g/mol. The van der Waals surface area contributed by atoms with Crippen LogP contribution in [0, 0.1) is 12.3 Å². The summed E-state index contributed by atoms with van der Waals surface area (Å²) in [6.45, 7) is 3.32. The summed E-state index contributed by atoms with van der Waals surface area (Å²) in [4.78, 5) is 2.50. The number of nitrogens with one attached hydrogen (secondary N) is 1. The number of unbranched alkanes of at least 4 members (excludes halogenated alkanes) is 1. The Balaban J connectivity index is 1.92. The summed E-state index contributed by atoms with van der Waals surface area (Å²) in [5.74, 6) is 2.66. The van der Waals surface area contributed by atoms with Crippen LogP contribution >= 0.6 is 0 Å². The Labute approximate surface area is 94.4 Å². The molecule has 0 heterocycles. The van der Waals surface area contributed by atoms with E-state index in [4.69, 9.17) is 6.42 Å². The lowest BCUT2D eigenvalue weighted by molar-refractivity contribution is 0.245. The summed E-state index contributed by atoms with van der Waals surface area (Å²) in [5, 5.41) is 3.44. The fourth-order valence-electron chi connectivity index (χ4n) is 2.22. The zero-order chi connectivity index (χ0) is 10.9. The predicted molar refractivity (Wildman–Crippen MR) is 65.8 cm³/mol. The molecule has 86 valence electrons. The highest BCUT2D eigenvalue weighted by atomic mass is 15.1. The summed E-state index contributed by atoms with van der Waals surface area (Å²) in [5.41, 5.74) is 0. The highest BCUT2D eigenvalue weighted by molar-refractivity contribution is 4.83. The van der Waals surface area contributed by atoms with Crippen molar-refractivity contribution < 1.29 is 0 Å². The second-order valence-corrected chi connectivity index (χ2v) is 4.48. The molecule has 1 rings (SSSR count). The van der Waals surface area contributed by atoms with Crippen LogP contribution in [-0.4, -0.2) is 37.6 Å². The predicted octanol–water partition coefficient (Wildman–Crippen LogP) is 1.86. The lowest BCUT2D eigenvalue weighted by Crippen LogP contribution is -2.35. The van der Waals surface area contributed by atoms with Crippen molar-refractivity contribution in [2.75, 3.05) is 26.7 Å². The summed E-state index contributed by atoms with van der Waals surface area (Å²) < 4.78 is 0. The van der Waals surface area contributed by atoms with Gasteiger partial charge in [0.25, 0.3) is 0 Å². The van der Waals surface area contributed by atoms with Crippen molar-refractivity contribution in [1.29, 1.82) is 0 Å². The first-order chi connectivity index (χ1) is 7.34. The molecule has 0 aromatic rings. The average molecular weight is 208 g/mol. The van der Waals surface area contributed by atoms with Gasteiger partial charge in [0, 0.05) is 25.6 Å². The van der Waals surface area contributed by atoms with E-state index in [1.807, 2.05) is 0 Å². The van der Waals surface area contributed by atoms with Crippen LogP contribution in [-0.2, 0) is 0 Å². The molecule has 1 N–H and O–H groups in total. The number of hydrogen-bond acceptors (Lipinski definition) is 2. The van der Waals surface area contributed by atoms with Gasteiger partial charge in [-0.25, -0.2) is 0 Å². The van der Waals surface area contributed by atoms with Gasteiger partial charge >= 0.3 is 0 Å². The molecule has 0 spiro atoms. The standard InChI is InChI=1S/C13H24N2/c1-3-4-7-10-14-11-12-15(2)13-8-5-6-9-13/h1,13-14H,4-12H2,2H3. The third kappa shape index (κ3) is 5.20. The molecule has 0 amide bonds. The molecule has 15 heavy (non-hydrogen) atoms. The Morgan fingerprint density at radius 3 is 2.73 bits per heavy atom. The molecule has 0 aromatic heterocycles. The van der Waals surface area contributed by atoms with Crippen molar-refractivity contribution in [2.24, 2.45) is 0 Å². The molecule has 1 aliphatic rings. The topological polar surface area (TPSA) is 15.3 Å². The molecule has 1 fully saturated rings. The van der Waals surface area contributed by atoms with E-state index in [1.165, 1.54) is 32.2 Å². The summed E-state index contributed by atoms with van der Waals surface area (Å²) in [6, 6.07) is 0.845. The fraction of sp³-hybridized carbons (Fsp3) is 0.846. The van der Waals surface area contributed by atoms with E-state index < -0.39 is 0 Å². The van der Waals surface area contributed by atoms with Crippen LogP contribution in [0.4, 0.5) is 0 Å². The smallest absolute Gasteiger partial charge is 0.0107 e. The minimum atomic E-state index is 0.845. The zero-order valence-corrected chi connectivity index (χ0v) is 9.97. The molecule has 0 atom stereocenters. The Kier molecular flexibility index (Phi) is 6.47. The van der Waals surface area contributed by atoms with Gasteiger partial charge in [-0.1, -0.05) is 12.8 Å². The van der Waals surface area contributed by atoms with Crippen LogP contribution in [0.2, 0.25) is 0 Å². The Morgan fingerprint density at radius 1 is 1.33 bits per heavy atom. The zero-order valence-electron chi connectivity index (χ0n) is 9.97. The molecule has 2 heteroatoms. The van der Waals surface area contributed by atoms with E-state index in [-0.39, 0.29) is 0 Å². The van der Waals surface area contributed by atoms with Gasteiger partial charge in [-0.05, 0) is 32.9 Å². The Bertz CT molecular complexity index is 189. The van der Waals surface area contributed by atoms with Gasteiger partial charge < -0.3 is 10.2 Å². The first-order valence-electron chi connectivity index (χ1n) is 6.19. The molecule has 0 bridgehead atoms. The van der Waals surface area contributed by atoms with Crippen LogP contribution < -0.4 is 5.32 Å². The largest absolute Gasteiger partial charge is 0.315 e. The maximum absolute atomic E-state index is 5.19. The number of terminal acetylenes is 1. The van der Waals surface area contributed by atoms with Gasteiger partial charge in [0.2, 0.25) is 0 Å². The average Bonchev–Trinajstić information content (AvgIpc) is 2.76. The van der Waals surface area contributed by atoms with E-state index in [0.717, 1.165) is 32.0 Å². The molecule has 1 saturated carbocycles. The Morgan fingerprint density at radius 2 is 2.07 bits per heavy atom. The number of hydrogen-bond donors (Lipinski definition) is 1. The number of likely N-dealkylation sites (N-methyl/N-ethyl adjacent to an activating group) is 1. The van der Waals surface area contributed by atoms with E-state index in [0.29, 0.717) is 0 Å². The lowest BCUT2D eigenvalue weighted by Gasteiger charge is -2.23. The number of rotatable bonds is 7. The second-order valence-electron chi connectivity index (χ2n) is 4.48. The van der Waals surface area contributed by atoms with E-state index >= 15 is 0 Å². The molecule has 0 unspecified atom stereocenters. The third-order valence-corrected chi connectivity index (χ3v) is 3.26. The minimum absolute atomic E-state index is 0.845. The van der Waals surface area contributed by atoms with Crippen molar-refractivity contribution >= 4 is 0 Å². The highest BCUT2D eigenvalue weighted by Gasteiger charge is 2.18. The monoisotopic (exact) mass is 208 g/mol. The lowest BCUT2D eigenvalue weighted by atomic mass is 10.2. The van der Waals surface area contributed by atoms with Crippen LogP contribution in [0.25, 0.3) is 0 Å². The third-order valence-electron chi connectivity index (χ3n) is 3.26. The van der Waals surface area contributed by atoms with Gasteiger partial charge in [-0.2, -0.15) is 0 Å². The van der Waals surface area contributed by atoms with Crippen molar-refractivity contribution in [1.82, 2.24) is 10.2 Å². The van der Waals surface area contributed by atoms with Crippen molar-refractivity contribution in [2.45, 2.75) is 44.6 Å². The molecule has 0 aliphatic heterocycles. The fourth-order valence-corrected chi connectivity index (χ4v) is 2.22. The van der Waals surface area contributed by atoms with E-state index in [9.17, 15) is 0 Å². The van der Waals surface area contributed by atoms with Crippen LogP contribution in [0.5, 0.6) is 0 Å².